The summed E-state index contributed by atoms with van der Waals surface area (Å²) in [7, 11) is 0. The molecule has 0 aromatic heterocycles. The number of anilines is 2. The van der Waals surface area contributed by atoms with E-state index in [2.05, 4.69) is 24.5 Å². The number of amides is 2. The fourth-order valence-electron chi connectivity index (χ4n) is 3.09. The van der Waals surface area contributed by atoms with Crippen LogP contribution in [0.15, 0.2) is 18.2 Å². The maximum atomic E-state index is 12.4. The van der Waals surface area contributed by atoms with E-state index in [-0.39, 0.29) is 23.8 Å². The normalized spacial score (nSPS) is 21.8. The van der Waals surface area contributed by atoms with Crippen LogP contribution in [0.3, 0.4) is 0 Å². The predicted molar refractivity (Wildman–Crippen MR) is 87.1 cm³/mol. The van der Waals surface area contributed by atoms with E-state index in [0.29, 0.717) is 11.3 Å². The molecule has 0 spiro atoms. The van der Waals surface area contributed by atoms with Crippen LogP contribution >= 0.6 is 0 Å². The Morgan fingerprint density at radius 1 is 1.32 bits per heavy atom. The van der Waals surface area contributed by atoms with E-state index in [4.69, 9.17) is 0 Å². The van der Waals surface area contributed by atoms with Gasteiger partial charge in [0.2, 0.25) is 5.91 Å². The minimum atomic E-state index is -0.211. The summed E-state index contributed by atoms with van der Waals surface area (Å²) in [5.41, 5.74) is 2.24. The van der Waals surface area contributed by atoms with E-state index in [0.717, 1.165) is 38.0 Å². The topological polar surface area (TPSA) is 61.4 Å². The van der Waals surface area contributed by atoms with Crippen molar-refractivity contribution in [2.75, 3.05) is 23.7 Å². The SMILES string of the molecule is CCC(C)C1Nc2ccc(C(=O)N3CCCC3)cc2NC1=O. The van der Waals surface area contributed by atoms with Crippen molar-refractivity contribution in [3.8, 4) is 0 Å². The second-order valence-corrected chi connectivity index (χ2v) is 6.26. The van der Waals surface area contributed by atoms with Crippen LogP contribution < -0.4 is 10.6 Å². The average Bonchev–Trinajstić information content (AvgIpc) is 3.06. The number of hydrogen-bond donors (Lipinski definition) is 2. The molecule has 0 saturated carbocycles. The van der Waals surface area contributed by atoms with Crippen molar-refractivity contribution in [1.82, 2.24) is 4.90 Å². The van der Waals surface area contributed by atoms with Gasteiger partial charge < -0.3 is 15.5 Å². The average molecular weight is 301 g/mol. The fourth-order valence-corrected chi connectivity index (χ4v) is 3.09. The van der Waals surface area contributed by atoms with Crippen molar-refractivity contribution < 1.29 is 9.59 Å². The molecule has 0 bridgehead atoms. The first-order valence-electron chi connectivity index (χ1n) is 8.11. The Kier molecular flexibility index (Phi) is 4.05. The molecule has 22 heavy (non-hydrogen) atoms. The van der Waals surface area contributed by atoms with E-state index in [1.54, 1.807) is 6.07 Å². The van der Waals surface area contributed by atoms with Gasteiger partial charge in [-0.1, -0.05) is 20.3 Å². The van der Waals surface area contributed by atoms with E-state index in [9.17, 15) is 9.59 Å². The van der Waals surface area contributed by atoms with Gasteiger partial charge in [0.15, 0.2) is 0 Å². The van der Waals surface area contributed by atoms with Crippen LogP contribution in [0, 0.1) is 5.92 Å². The highest BCUT2D eigenvalue weighted by Crippen LogP contribution is 2.31. The molecule has 2 aliphatic heterocycles. The molecule has 2 atom stereocenters. The second-order valence-electron chi connectivity index (χ2n) is 6.26. The number of fused-ring (bicyclic) bond motifs is 1. The lowest BCUT2D eigenvalue weighted by Gasteiger charge is -2.30. The van der Waals surface area contributed by atoms with Crippen LogP contribution in [0.4, 0.5) is 11.4 Å². The Balaban J connectivity index is 1.82. The quantitative estimate of drug-likeness (QED) is 0.902. The first-order chi connectivity index (χ1) is 10.6. The molecule has 0 aliphatic carbocycles. The van der Waals surface area contributed by atoms with Crippen molar-refractivity contribution in [1.29, 1.82) is 0 Å². The van der Waals surface area contributed by atoms with E-state index < -0.39 is 0 Å². The summed E-state index contributed by atoms with van der Waals surface area (Å²) in [6.07, 6.45) is 3.09. The van der Waals surface area contributed by atoms with Gasteiger partial charge in [-0.3, -0.25) is 9.59 Å². The molecule has 0 radical (unpaired) electrons. The molecule has 2 heterocycles. The Morgan fingerprint density at radius 2 is 2.05 bits per heavy atom. The summed E-state index contributed by atoms with van der Waals surface area (Å²) in [5.74, 6) is 0.297. The highest BCUT2D eigenvalue weighted by Gasteiger charge is 2.30. The summed E-state index contributed by atoms with van der Waals surface area (Å²) in [6.45, 7) is 5.80. The van der Waals surface area contributed by atoms with Crippen LogP contribution in [-0.4, -0.2) is 35.8 Å². The van der Waals surface area contributed by atoms with E-state index in [1.165, 1.54) is 0 Å². The summed E-state index contributed by atoms with van der Waals surface area (Å²) in [5, 5.41) is 6.24. The van der Waals surface area contributed by atoms with Gasteiger partial charge in [-0.25, -0.2) is 0 Å². The van der Waals surface area contributed by atoms with Crippen LogP contribution in [-0.2, 0) is 4.79 Å². The number of carbonyl (C=O) groups is 2. The maximum absolute atomic E-state index is 12.4. The van der Waals surface area contributed by atoms with Gasteiger partial charge in [-0.05, 0) is 37.0 Å². The number of nitrogens with zero attached hydrogens (tertiary/aromatic N) is 1. The smallest absolute Gasteiger partial charge is 0.253 e. The fraction of sp³-hybridized carbons (Fsp3) is 0.529. The van der Waals surface area contributed by atoms with Gasteiger partial charge in [0.05, 0.1) is 11.4 Å². The number of likely N-dealkylation sites (tertiary alicyclic amines) is 1. The molecule has 2 amide bonds. The molecular weight excluding hydrogens is 278 g/mol. The van der Waals surface area contributed by atoms with Crippen molar-refractivity contribution in [3.63, 3.8) is 0 Å². The number of rotatable bonds is 3. The van der Waals surface area contributed by atoms with Crippen LogP contribution in [0.25, 0.3) is 0 Å². The third-order valence-corrected chi connectivity index (χ3v) is 4.72. The summed E-state index contributed by atoms with van der Waals surface area (Å²) >= 11 is 0. The van der Waals surface area contributed by atoms with E-state index >= 15 is 0 Å². The highest BCUT2D eigenvalue weighted by atomic mass is 16.2. The molecule has 2 N–H and O–H groups in total. The molecule has 5 nitrogen and oxygen atoms in total. The lowest BCUT2D eigenvalue weighted by Crippen LogP contribution is -2.43. The summed E-state index contributed by atoms with van der Waals surface area (Å²) in [6, 6.07) is 5.32. The Morgan fingerprint density at radius 3 is 2.73 bits per heavy atom. The molecule has 1 aromatic carbocycles. The molecular formula is C17H23N3O2. The predicted octanol–water partition coefficient (Wildman–Crippen LogP) is 2.70. The number of nitrogens with one attached hydrogen (secondary N) is 2. The van der Waals surface area contributed by atoms with E-state index in [1.807, 2.05) is 17.0 Å². The lowest BCUT2D eigenvalue weighted by molar-refractivity contribution is -0.118. The third kappa shape index (κ3) is 2.67. The van der Waals surface area contributed by atoms with Crippen LogP contribution in [0.2, 0.25) is 0 Å². The lowest BCUT2D eigenvalue weighted by atomic mass is 9.95. The van der Waals surface area contributed by atoms with Crippen molar-refractivity contribution >= 4 is 23.2 Å². The molecule has 3 rings (SSSR count). The zero-order valence-corrected chi connectivity index (χ0v) is 13.2. The first kappa shape index (κ1) is 14.9. The highest BCUT2D eigenvalue weighted by molar-refractivity contribution is 6.05. The van der Waals surface area contributed by atoms with Crippen molar-refractivity contribution in [2.24, 2.45) is 5.92 Å². The Hall–Kier alpha value is -2.04. The summed E-state index contributed by atoms with van der Waals surface area (Å²) < 4.78 is 0. The molecule has 1 aromatic rings. The Bertz CT molecular complexity index is 594. The molecule has 118 valence electrons. The standard InChI is InChI=1S/C17H23N3O2/c1-3-11(2)15-16(21)19-14-10-12(6-7-13(14)18-15)17(22)20-8-4-5-9-20/h6-7,10-11,15,18H,3-5,8-9H2,1-2H3,(H,19,21). The van der Waals surface area contributed by atoms with Gasteiger partial charge in [-0.2, -0.15) is 0 Å². The third-order valence-electron chi connectivity index (χ3n) is 4.72. The molecule has 1 fully saturated rings. The molecule has 5 heteroatoms. The number of benzene rings is 1. The Labute approximate surface area is 131 Å². The number of carbonyl (C=O) groups excluding carboxylic acids is 2. The minimum absolute atomic E-state index is 0.0207. The maximum Gasteiger partial charge on any atom is 0.253 e. The second kappa shape index (κ2) is 5.99. The van der Waals surface area contributed by atoms with Gasteiger partial charge >= 0.3 is 0 Å². The van der Waals surface area contributed by atoms with Gasteiger partial charge in [0.25, 0.3) is 5.91 Å². The molecule has 1 saturated heterocycles. The van der Waals surface area contributed by atoms with Crippen molar-refractivity contribution in [3.05, 3.63) is 23.8 Å². The van der Waals surface area contributed by atoms with Gasteiger partial charge in [0.1, 0.15) is 6.04 Å². The van der Waals surface area contributed by atoms with Gasteiger partial charge in [-0.15, -0.1) is 0 Å². The first-order valence-corrected chi connectivity index (χ1v) is 8.11. The monoisotopic (exact) mass is 301 g/mol. The molecule has 2 unspecified atom stereocenters. The summed E-state index contributed by atoms with van der Waals surface area (Å²) in [4.78, 5) is 26.5. The number of hydrogen-bond acceptors (Lipinski definition) is 3. The van der Waals surface area contributed by atoms with Crippen LogP contribution in [0.5, 0.6) is 0 Å². The largest absolute Gasteiger partial charge is 0.372 e. The minimum Gasteiger partial charge on any atom is -0.372 e. The zero-order chi connectivity index (χ0) is 15.7. The zero-order valence-electron chi connectivity index (χ0n) is 13.2. The molecule has 2 aliphatic rings. The van der Waals surface area contributed by atoms with Crippen LogP contribution in [0.1, 0.15) is 43.5 Å². The van der Waals surface area contributed by atoms with Gasteiger partial charge in [0, 0.05) is 18.7 Å². The van der Waals surface area contributed by atoms with Crippen molar-refractivity contribution in [2.45, 2.75) is 39.2 Å².